The van der Waals surface area contributed by atoms with Crippen molar-refractivity contribution in [1.29, 1.82) is 0 Å². The number of barbiturate groups is 1. The summed E-state index contributed by atoms with van der Waals surface area (Å²) in [7, 11) is 1.53. The number of methoxy groups -OCH3 is 1. The molecule has 0 radical (unpaired) electrons. The molecule has 0 unspecified atom stereocenters. The van der Waals surface area contributed by atoms with E-state index in [9.17, 15) is 19.2 Å². The Morgan fingerprint density at radius 3 is 2.41 bits per heavy atom. The van der Waals surface area contributed by atoms with E-state index in [1.165, 1.54) is 20.1 Å². The van der Waals surface area contributed by atoms with Crippen LogP contribution < -0.4 is 20.1 Å². The predicted octanol–water partition coefficient (Wildman–Crippen LogP) is 3.89. The van der Waals surface area contributed by atoms with Crippen LogP contribution in [0.15, 0.2) is 78.4 Å². The van der Waals surface area contributed by atoms with E-state index in [2.05, 4.69) is 10.6 Å². The molecule has 2 N–H and O–H groups in total. The molecule has 1 saturated heterocycles. The predicted molar refractivity (Wildman–Crippen MR) is 137 cm³/mol. The maximum absolute atomic E-state index is 13.1. The molecule has 4 rings (SSSR count). The molecular weight excluding hydrogens is 474 g/mol. The van der Waals surface area contributed by atoms with Gasteiger partial charge in [0, 0.05) is 18.2 Å². The number of imide groups is 2. The van der Waals surface area contributed by atoms with Gasteiger partial charge in [-0.15, -0.1) is 0 Å². The topological polar surface area (TPSA) is 114 Å². The smallest absolute Gasteiger partial charge is 0.331 e. The Morgan fingerprint density at radius 2 is 1.73 bits per heavy atom. The number of hydrogen-bond donors (Lipinski definition) is 2. The molecule has 9 heteroatoms. The van der Waals surface area contributed by atoms with Crippen molar-refractivity contribution in [1.82, 2.24) is 10.2 Å². The molecule has 0 aliphatic carbocycles. The van der Waals surface area contributed by atoms with E-state index in [1.54, 1.807) is 54.6 Å². The van der Waals surface area contributed by atoms with E-state index in [0.29, 0.717) is 28.3 Å². The second-order valence-corrected chi connectivity index (χ2v) is 8.26. The normalized spacial score (nSPS) is 14.4. The number of urea groups is 1. The summed E-state index contributed by atoms with van der Waals surface area (Å²) in [6, 6.07) is 20.4. The maximum atomic E-state index is 13.1. The van der Waals surface area contributed by atoms with Gasteiger partial charge in [0.25, 0.3) is 11.8 Å². The Balaban J connectivity index is 1.53. The third-order valence-electron chi connectivity index (χ3n) is 5.55. The first-order valence-corrected chi connectivity index (χ1v) is 11.4. The van der Waals surface area contributed by atoms with Gasteiger partial charge in [-0.2, -0.15) is 0 Å². The van der Waals surface area contributed by atoms with Crippen molar-refractivity contribution in [2.24, 2.45) is 0 Å². The molecule has 0 saturated carbocycles. The van der Waals surface area contributed by atoms with Crippen LogP contribution in [0.4, 0.5) is 10.5 Å². The van der Waals surface area contributed by atoms with E-state index in [1.807, 2.05) is 18.2 Å². The molecule has 0 bridgehead atoms. The van der Waals surface area contributed by atoms with Gasteiger partial charge < -0.3 is 14.8 Å². The highest BCUT2D eigenvalue weighted by atomic mass is 16.5. The summed E-state index contributed by atoms with van der Waals surface area (Å²) in [5, 5.41) is 4.92. The quantitative estimate of drug-likeness (QED) is 0.359. The summed E-state index contributed by atoms with van der Waals surface area (Å²) in [5.41, 5.74) is 2.51. The minimum Gasteiger partial charge on any atom is -0.496 e. The Kier molecular flexibility index (Phi) is 7.63. The molecular formula is C28H25N3O6. The average Bonchev–Trinajstić information content (AvgIpc) is 2.89. The average molecular weight is 500 g/mol. The van der Waals surface area contributed by atoms with Gasteiger partial charge in [0.05, 0.1) is 13.7 Å². The molecule has 3 aromatic carbocycles. The fourth-order valence-electron chi connectivity index (χ4n) is 3.77. The number of amides is 5. The van der Waals surface area contributed by atoms with Crippen molar-refractivity contribution >= 4 is 35.5 Å². The van der Waals surface area contributed by atoms with E-state index >= 15 is 0 Å². The lowest BCUT2D eigenvalue weighted by Crippen LogP contribution is -2.53. The zero-order valence-electron chi connectivity index (χ0n) is 20.3. The van der Waals surface area contributed by atoms with Crippen LogP contribution in [0.5, 0.6) is 11.5 Å². The standard InChI is InChI=1S/C28H25N3O6/c1-18(32)29-22-9-11-23(12-10-22)37-17-21-14-20(8-13-25(21)36-2)15-24-26(33)30-28(35)31(27(24)34)16-19-6-4-3-5-7-19/h3-15H,16-17H2,1-2H3,(H,29,32)(H,30,33,35). The summed E-state index contributed by atoms with van der Waals surface area (Å²) >= 11 is 0. The molecule has 3 aromatic rings. The summed E-state index contributed by atoms with van der Waals surface area (Å²) in [5.74, 6) is -0.450. The van der Waals surface area contributed by atoms with Crippen molar-refractivity contribution < 1.29 is 28.7 Å². The van der Waals surface area contributed by atoms with Crippen LogP contribution in [0.1, 0.15) is 23.6 Å². The van der Waals surface area contributed by atoms with Crippen LogP contribution in [-0.2, 0) is 27.5 Å². The minimum absolute atomic E-state index is 0.0402. The van der Waals surface area contributed by atoms with Crippen LogP contribution in [0.25, 0.3) is 6.08 Å². The number of nitrogens with one attached hydrogen (secondary N) is 2. The number of hydrogen-bond acceptors (Lipinski definition) is 6. The molecule has 188 valence electrons. The van der Waals surface area contributed by atoms with Crippen LogP contribution in [0.3, 0.4) is 0 Å². The first kappa shape index (κ1) is 25.2. The molecule has 9 nitrogen and oxygen atoms in total. The number of carbonyl (C=O) groups excluding carboxylic acids is 4. The molecule has 37 heavy (non-hydrogen) atoms. The molecule has 0 atom stereocenters. The number of carbonyl (C=O) groups is 4. The number of anilines is 1. The number of benzene rings is 3. The summed E-state index contributed by atoms with van der Waals surface area (Å²) in [6.07, 6.45) is 1.44. The second kappa shape index (κ2) is 11.2. The second-order valence-electron chi connectivity index (χ2n) is 8.26. The first-order chi connectivity index (χ1) is 17.8. The van der Waals surface area contributed by atoms with Gasteiger partial charge >= 0.3 is 6.03 Å². The summed E-state index contributed by atoms with van der Waals surface area (Å²) in [6.45, 7) is 1.62. The number of rotatable bonds is 8. The van der Waals surface area contributed by atoms with Gasteiger partial charge in [-0.25, -0.2) is 4.79 Å². The van der Waals surface area contributed by atoms with Gasteiger partial charge in [-0.05, 0) is 53.6 Å². The van der Waals surface area contributed by atoms with Crippen LogP contribution in [0.2, 0.25) is 0 Å². The highest BCUT2D eigenvalue weighted by Crippen LogP contribution is 2.25. The third-order valence-corrected chi connectivity index (χ3v) is 5.55. The van der Waals surface area contributed by atoms with Gasteiger partial charge in [-0.1, -0.05) is 36.4 Å². The Hall–Kier alpha value is -4.92. The number of nitrogens with zero attached hydrogens (tertiary/aromatic N) is 1. The molecule has 1 heterocycles. The first-order valence-electron chi connectivity index (χ1n) is 11.4. The molecule has 1 aliphatic heterocycles. The van der Waals surface area contributed by atoms with Crippen molar-refractivity contribution in [3.05, 3.63) is 95.1 Å². The lowest BCUT2D eigenvalue weighted by atomic mass is 10.0. The van der Waals surface area contributed by atoms with Crippen LogP contribution in [0, 0.1) is 0 Å². The fraction of sp³-hybridized carbons (Fsp3) is 0.143. The Morgan fingerprint density at radius 1 is 1.00 bits per heavy atom. The zero-order chi connectivity index (χ0) is 26.4. The van der Waals surface area contributed by atoms with Crippen molar-refractivity contribution in [2.45, 2.75) is 20.1 Å². The molecule has 5 amide bonds. The van der Waals surface area contributed by atoms with Gasteiger partial charge in [0.1, 0.15) is 23.7 Å². The monoisotopic (exact) mass is 499 g/mol. The van der Waals surface area contributed by atoms with E-state index in [0.717, 1.165) is 10.5 Å². The molecule has 1 fully saturated rings. The molecule has 0 aromatic heterocycles. The van der Waals surface area contributed by atoms with Crippen molar-refractivity contribution in [3.63, 3.8) is 0 Å². The highest BCUT2D eigenvalue weighted by molar-refractivity contribution is 6.30. The van der Waals surface area contributed by atoms with Gasteiger partial charge in [0.15, 0.2) is 0 Å². The van der Waals surface area contributed by atoms with Gasteiger partial charge in [-0.3, -0.25) is 24.6 Å². The highest BCUT2D eigenvalue weighted by Gasteiger charge is 2.35. The lowest BCUT2D eigenvalue weighted by Gasteiger charge is -2.26. The van der Waals surface area contributed by atoms with E-state index in [4.69, 9.17) is 9.47 Å². The SMILES string of the molecule is COc1ccc(C=C2C(=O)NC(=O)N(Cc3ccccc3)C2=O)cc1COc1ccc(NC(C)=O)cc1. The Labute approximate surface area is 213 Å². The van der Waals surface area contributed by atoms with Crippen molar-refractivity contribution in [2.75, 3.05) is 12.4 Å². The summed E-state index contributed by atoms with van der Waals surface area (Å²) in [4.78, 5) is 50.1. The fourth-order valence-corrected chi connectivity index (χ4v) is 3.77. The Bertz CT molecular complexity index is 1370. The minimum atomic E-state index is -0.760. The van der Waals surface area contributed by atoms with Crippen molar-refractivity contribution in [3.8, 4) is 11.5 Å². The van der Waals surface area contributed by atoms with Crippen LogP contribution >= 0.6 is 0 Å². The molecule has 1 aliphatic rings. The number of ether oxygens (including phenoxy) is 2. The maximum Gasteiger partial charge on any atom is 0.331 e. The molecule has 0 spiro atoms. The summed E-state index contributed by atoms with van der Waals surface area (Å²) < 4.78 is 11.3. The van der Waals surface area contributed by atoms with Gasteiger partial charge in [0.2, 0.25) is 5.91 Å². The largest absolute Gasteiger partial charge is 0.496 e. The zero-order valence-corrected chi connectivity index (χ0v) is 20.3. The van der Waals surface area contributed by atoms with E-state index in [-0.39, 0.29) is 24.6 Å². The van der Waals surface area contributed by atoms with E-state index < -0.39 is 17.8 Å². The van der Waals surface area contributed by atoms with Crippen LogP contribution in [-0.4, -0.2) is 35.8 Å². The lowest BCUT2D eigenvalue weighted by molar-refractivity contribution is -0.130. The third kappa shape index (κ3) is 6.21.